The van der Waals surface area contributed by atoms with Crippen LogP contribution in [0, 0.1) is 0 Å². The first-order valence-corrected chi connectivity index (χ1v) is 9.42. The van der Waals surface area contributed by atoms with E-state index < -0.39 is 6.03 Å². The smallest absolute Gasteiger partial charge is 0.312 e. The minimum Gasteiger partial charge on any atom is -0.388 e. The van der Waals surface area contributed by atoms with E-state index in [1.165, 1.54) is 16.8 Å². The van der Waals surface area contributed by atoms with Crippen molar-refractivity contribution in [2.75, 3.05) is 18.9 Å². The van der Waals surface area contributed by atoms with Crippen molar-refractivity contribution in [3.8, 4) is 11.3 Å². The molecule has 3 amide bonds. The van der Waals surface area contributed by atoms with Gasteiger partial charge in [-0.1, -0.05) is 36.9 Å². The molecule has 0 unspecified atom stereocenters. The molecule has 0 aliphatic heterocycles. The number of primary amides is 2. The van der Waals surface area contributed by atoms with Crippen molar-refractivity contribution in [3.63, 3.8) is 0 Å². The molecule has 0 spiro atoms. The Morgan fingerprint density at radius 1 is 1.13 bits per heavy atom. The Morgan fingerprint density at radius 3 is 2.42 bits per heavy atom. The Bertz CT molecular complexity index is 1020. The van der Waals surface area contributed by atoms with Gasteiger partial charge in [-0.2, -0.15) is 0 Å². The lowest BCUT2D eigenvalue weighted by atomic mass is 10.0. The van der Waals surface area contributed by atoms with Crippen LogP contribution in [0.4, 0.5) is 10.5 Å². The van der Waals surface area contributed by atoms with Gasteiger partial charge in [0, 0.05) is 42.3 Å². The average molecular weight is 422 g/mol. The van der Waals surface area contributed by atoms with Gasteiger partial charge in [-0.15, -0.1) is 0 Å². The quantitative estimate of drug-likeness (QED) is 0.358. The van der Waals surface area contributed by atoms with Crippen LogP contribution in [-0.4, -0.2) is 37.3 Å². The second-order valence-electron chi connectivity index (χ2n) is 6.05. The fourth-order valence-electron chi connectivity index (χ4n) is 2.74. The lowest BCUT2D eigenvalue weighted by molar-refractivity contribution is -0.107. The number of aromatic nitrogens is 1. The van der Waals surface area contributed by atoms with Crippen molar-refractivity contribution in [1.82, 2.24) is 10.3 Å². The summed E-state index contributed by atoms with van der Waals surface area (Å²) in [6.07, 6.45) is 2.73. The van der Waals surface area contributed by atoms with E-state index in [4.69, 9.17) is 15.3 Å². The number of carbonyl (C=O) groups is 3. The number of pyridine rings is 1. The van der Waals surface area contributed by atoms with Gasteiger partial charge in [0.05, 0.1) is 5.69 Å². The van der Waals surface area contributed by atoms with Gasteiger partial charge in [-0.25, -0.2) is 4.79 Å². The number of nitrogens with two attached hydrogens (primary N) is 2. The fraction of sp³-hybridized carbons (Fsp3) is 0.130. The van der Waals surface area contributed by atoms with Gasteiger partial charge >= 0.3 is 6.03 Å². The Balaban J connectivity index is 0.000000604. The topological polar surface area (TPSA) is 140 Å². The van der Waals surface area contributed by atoms with E-state index >= 15 is 0 Å². The first-order valence-electron chi connectivity index (χ1n) is 9.42. The molecular weight excluding hydrogens is 394 g/mol. The van der Waals surface area contributed by atoms with Crippen molar-refractivity contribution >= 4 is 35.2 Å². The maximum atomic E-state index is 10.7. The molecule has 1 heterocycles. The molecule has 0 aliphatic rings. The van der Waals surface area contributed by atoms with E-state index in [9.17, 15) is 4.79 Å². The largest absolute Gasteiger partial charge is 0.388 e. The SMILES string of the molecule is C=CC=O.CNc1cccc2ccc(-c3cccc(CCNC(N)=O)n3)cc12.NC=O. The highest BCUT2D eigenvalue weighted by molar-refractivity contribution is 5.96. The Hall–Kier alpha value is -4.20. The number of hydrogen-bond donors (Lipinski definition) is 4. The van der Waals surface area contributed by atoms with Gasteiger partial charge in [0.2, 0.25) is 6.41 Å². The Kier molecular flexibility index (Phi) is 11.1. The van der Waals surface area contributed by atoms with Crippen LogP contribution < -0.4 is 22.1 Å². The van der Waals surface area contributed by atoms with Gasteiger partial charge in [0.1, 0.15) is 6.29 Å². The molecule has 0 saturated carbocycles. The molecule has 8 nitrogen and oxygen atoms in total. The molecule has 6 N–H and O–H groups in total. The van der Waals surface area contributed by atoms with Gasteiger partial charge in [0.15, 0.2) is 0 Å². The number of allylic oxidation sites excluding steroid dienone is 1. The summed E-state index contributed by atoms with van der Waals surface area (Å²) < 4.78 is 0. The lowest BCUT2D eigenvalue weighted by Gasteiger charge is -2.09. The highest BCUT2D eigenvalue weighted by Crippen LogP contribution is 2.28. The summed E-state index contributed by atoms with van der Waals surface area (Å²) in [6, 6.07) is 17.9. The highest BCUT2D eigenvalue weighted by Gasteiger charge is 2.05. The van der Waals surface area contributed by atoms with Gasteiger partial charge in [-0.3, -0.25) is 14.6 Å². The third kappa shape index (κ3) is 8.36. The van der Waals surface area contributed by atoms with Crippen molar-refractivity contribution < 1.29 is 14.4 Å². The molecule has 31 heavy (non-hydrogen) atoms. The van der Waals surface area contributed by atoms with Crippen LogP contribution in [0.1, 0.15) is 5.69 Å². The van der Waals surface area contributed by atoms with Crippen molar-refractivity contribution in [3.05, 3.63) is 72.9 Å². The molecule has 162 valence electrons. The Labute approximate surface area is 181 Å². The number of nitrogens with zero attached hydrogens (tertiary/aromatic N) is 1. The molecule has 0 fully saturated rings. The number of rotatable bonds is 6. The monoisotopic (exact) mass is 421 g/mol. The number of aldehydes is 1. The average Bonchev–Trinajstić information content (AvgIpc) is 2.79. The molecule has 0 aliphatic carbocycles. The summed E-state index contributed by atoms with van der Waals surface area (Å²) in [4.78, 5) is 33.1. The third-order valence-electron chi connectivity index (χ3n) is 4.03. The molecular formula is C23H27N5O3. The third-order valence-corrected chi connectivity index (χ3v) is 4.03. The van der Waals surface area contributed by atoms with E-state index in [-0.39, 0.29) is 6.41 Å². The second kappa shape index (κ2) is 13.9. The van der Waals surface area contributed by atoms with E-state index in [0.29, 0.717) is 19.3 Å². The summed E-state index contributed by atoms with van der Waals surface area (Å²) in [5.41, 5.74) is 13.2. The molecule has 3 aromatic rings. The van der Waals surface area contributed by atoms with Crippen molar-refractivity contribution in [2.24, 2.45) is 11.5 Å². The number of amides is 3. The number of hydrogen-bond acceptors (Lipinski definition) is 5. The molecule has 0 bridgehead atoms. The van der Waals surface area contributed by atoms with Crippen LogP contribution in [0.25, 0.3) is 22.0 Å². The maximum absolute atomic E-state index is 10.7. The van der Waals surface area contributed by atoms with Gasteiger partial charge in [0.25, 0.3) is 0 Å². The van der Waals surface area contributed by atoms with Crippen LogP contribution in [0.5, 0.6) is 0 Å². The fourth-order valence-corrected chi connectivity index (χ4v) is 2.74. The molecule has 0 saturated heterocycles. The molecule has 1 aromatic heterocycles. The number of nitrogens with one attached hydrogen (secondary N) is 2. The van der Waals surface area contributed by atoms with E-state index in [2.05, 4.69) is 58.3 Å². The lowest BCUT2D eigenvalue weighted by Crippen LogP contribution is -2.31. The van der Waals surface area contributed by atoms with Gasteiger partial charge < -0.3 is 22.1 Å². The summed E-state index contributed by atoms with van der Waals surface area (Å²) >= 11 is 0. The van der Waals surface area contributed by atoms with Crippen LogP contribution in [0.3, 0.4) is 0 Å². The number of benzene rings is 2. The zero-order chi connectivity index (χ0) is 23.1. The number of anilines is 1. The van der Waals surface area contributed by atoms with E-state index in [0.717, 1.165) is 22.6 Å². The predicted octanol–water partition coefficient (Wildman–Crippen LogP) is 2.63. The number of carbonyl (C=O) groups excluding carboxylic acids is 3. The minimum absolute atomic E-state index is 0.250. The van der Waals surface area contributed by atoms with E-state index in [1.54, 1.807) is 0 Å². The van der Waals surface area contributed by atoms with Crippen molar-refractivity contribution in [1.29, 1.82) is 0 Å². The summed E-state index contributed by atoms with van der Waals surface area (Å²) in [7, 11) is 1.92. The summed E-state index contributed by atoms with van der Waals surface area (Å²) in [5, 5.41) is 8.16. The minimum atomic E-state index is -0.514. The molecule has 0 atom stereocenters. The molecule has 8 heteroatoms. The maximum Gasteiger partial charge on any atom is 0.312 e. The van der Waals surface area contributed by atoms with Crippen LogP contribution in [0.15, 0.2) is 67.3 Å². The Morgan fingerprint density at radius 2 is 1.81 bits per heavy atom. The number of fused-ring (bicyclic) bond motifs is 1. The highest BCUT2D eigenvalue weighted by atomic mass is 16.2. The molecule has 3 rings (SSSR count). The zero-order valence-corrected chi connectivity index (χ0v) is 17.4. The van der Waals surface area contributed by atoms with Crippen LogP contribution in [0.2, 0.25) is 0 Å². The van der Waals surface area contributed by atoms with Gasteiger partial charge in [-0.05, 0) is 35.7 Å². The normalized spacial score (nSPS) is 9.19. The first-order chi connectivity index (χ1) is 15.0. The van der Waals surface area contributed by atoms with Crippen molar-refractivity contribution in [2.45, 2.75) is 6.42 Å². The second-order valence-corrected chi connectivity index (χ2v) is 6.05. The molecule has 0 radical (unpaired) electrons. The summed E-state index contributed by atoms with van der Waals surface area (Å²) in [5.74, 6) is 0. The van der Waals surface area contributed by atoms with Crippen LogP contribution in [-0.2, 0) is 16.0 Å². The first kappa shape index (κ1) is 24.8. The predicted molar refractivity (Wildman–Crippen MR) is 125 cm³/mol. The van der Waals surface area contributed by atoms with E-state index in [1.807, 2.05) is 31.3 Å². The number of urea groups is 1. The molecule has 2 aromatic carbocycles. The van der Waals surface area contributed by atoms with Crippen LogP contribution >= 0.6 is 0 Å². The zero-order valence-electron chi connectivity index (χ0n) is 17.4. The standard InChI is InChI=1S/C19H20N4O.C3H4O.CH3NO/c1-21-18-7-2-4-13-8-9-14(12-16(13)18)17-6-3-5-15(23-17)10-11-22-19(20)24;1-2-3-4;2-1-3/h2-9,12,21H,10-11H2,1H3,(H3,20,22,24);2-3H,1H2;1H,(H2,2,3). The summed E-state index contributed by atoms with van der Waals surface area (Å²) in [6.45, 7) is 3.59.